The maximum absolute atomic E-state index is 13.0. The number of fused-ring (bicyclic) bond motifs is 1. The van der Waals surface area contributed by atoms with Gasteiger partial charge in [0, 0.05) is 11.8 Å². The van der Waals surface area contributed by atoms with E-state index in [9.17, 15) is 9.18 Å². The summed E-state index contributed by atoms with van der Waals surface area (Å²) in [5.41, 5.74) is 2.94. The zero-order valence-corrected chi connectivity index (χ0v) is 14.2. The third kappa shape index (κ3) is 3.35. The molecule has 4 rings (SSSR count). The van der Waals surface area contributed by atoms with Crippen molar-refractivity contribution < 1.29 is 9.18 Å². The number of aromatic nitrogens is 3. The van der Waals surface area contributed by atoms with Gasteiger partial charge in [0.1, 0.15) is 5.82 Å². The fourth-order valence-corrected chi connectivity index (χ4v) is 3.42. The molecule has 1 atom stereocenters. The summed E-state index contributed by atoms with van der Waals surface area (Å²) in [6.07, 6.45) is 6.58. The van der Waals surface area contributed by atoms with Crippen LogP contribution in [0.2, 0.25) is 0 Å². The van der Waals surface area contributed by atoms with Gasteiger partial charge in [-0.15, -0.1) is 0 Å². The van der Waals surface area contributed by atoms with E-state index >= 15 is 0 Å². The second-order valence-corrected chi connectivity index (χ2v) is 6.46. The van der Waals surface area contributed by atoms with Crippen molar-refractivity contribution >= 4 is 5.91 Å². The molecule has 1 amide bonds. The highest BCUT2D eigenvalue weighted by Gasteiger charge is 2.26. The first-order chi connectivity index (χ1) is 12.7. The summed E-state index contributed by atoms with van der Waals surface area (Å²) in [5.74, 6) is 0.417. The van der Waals surface area contributed by atoms with Crippen LogP contribution < -0.4 is 5.32 Å². The highest BCUT2D eigenvalue weighted by molar-refractivity contribution is 5.79. The first-order valence-electron chi connectivity index (χ1n) is 8.73. The smallest absolute Gasteiger partial charge is 0.224 e. The van der Waals surface area contributed by atoms with E-state index in [1.54, 1.807) is 18.3 Å². The minimum absolute atomic E-state index is 0.0517. The van der Waals surface area contributed by atoms with Crippen molar-refractivity contribution in [1.82, 2.24) is 20.1 Å². The fraction of sp³-hybridized carbons (Fsp3) is 0.250. The van der Waals surface area contributed by atoms with Crippen molar-refractivity contribution in [3.63, 3.8) is 0 Å². The molecule has 132 valence electrons. The van der Waals surface area contributed by atoms with Crippen molar-refractivity contribution in [3.05, 3.63) is 77.5 Å². The van der Waals surface area contributed by atoms with Crippen LogP contribution in [0.3, 0.4) is 0 Å². The van der Waals surface area contributed by atoms with Gasteiger partial charge in [-0.1, -0.05) is 18.2 Å². The van der Waals surface area contributed by atoms with E-state index in [1.807, 2.05) is 29.1 Å². The van der Waals surface area contributed by atoms with Crippen LogP contribution in [0.5, 0.6) is 0 Å². The number of carbonyl (C=O) groups is 1. The van der Waals surface area contributed by atoms with Crippen LogP contribution >= 0.6 is 0 Å². The Hall–Kier alpha value is -3.02. The van der Waals surface area contributed by atoms with E-state index in [2.05, 4.69) is 15.4 Å². The number of hydrogen-bond donors (Lipinski definition) is 1. The molecular formula is C20H19FN4O. The zero-order chi connectivity index (χ0) is 17.9. The number of nitrogens with zero attached hydrogens (tertiary/aromatic N) is 3. The van der Waals surface area contributed by atoms with Crippen LogP contribution in [0.25, 0.3) is 5.82 Å². The largest absolute Gasteiger partial charge is 0.349 e. The van der Waals surface area contributed by atoms with Crippen molar-refractivity contribution in [2.75, 3.05) is 0 Å². The maximum Gasteiger partial charge on any atom is 0.224 e. The topological polar surface area (TPSA) is 59.8 Å². The summed E-state index contributed by atoms with van der Waals surface area (Å²) in [7, 11) is 0. The number of nitrogens with one attached hydrogen (secondary N) is 1. The Morgan fingerprint density at radius 1 is 1.23 bits per heavy atom. The second kappa shape index (κ2) is 7.07. The summed E-state index contributed by atoms with van der Waals surface area (Å²) in [4.78, 5) is 16.8. The van der Waals surface area contributed by atoms with Gasteiger partial charge in [0.15, 0.2) is 5.82 Å². The van der Waals surface area contributed by atoms with Crippen LogP contribution in [0.1, 0.15) is 35.7 Å². The van der Waals surface area contributed by atoms with Gasteiger partial charge in [0.05, 0.1) is 24.4 Å². The Kier molecular flexibility index (Phi) is 4.48. The monoisotopic (exact) mass is 350 g/mol. The van der Waals surface area contributed by atoms with Crippen LogP contribution in [-0.2, 0) is 17.6 Å². The van der Waals surface area contributed by atoms with E-state index in [-0.39, 0.29) is 24.2 Å². The zero-order valence-electron chi connectivity index (χ0n) is 14.2. The van der Waals surface area contributed by atoms with E-state index in [0.717, 1.165) is 41.9 Å². The lowest BCUT2D eigenvalue weighted by atomic mass is 9.92. The minimum atomic E-state index is -0.298. The van der Waals surface area contributed by atoms with Gasteiger partial charge in [-0.2, -0.15) is 5.10 Å². The molecule has 0 saturated carbocycles. The van der Waals surface area contributed by atoms with Crippen molar-refractivity contribution in [3.8, 4) is 5.82 Å². The van der Waals surface area contributed by atoms with Gasteiger partial charge in [-0.05, 0) is 49.1 Å². The molecule has 0 spiro atoms. The summed E-state index contributed by atoms with van der Waals surface area (Å²) in [6, 6.07) is 11.7. The maximum atomic E-state index is 13.0. The van der Waals surface area contributed by atoms with Gasteiger partial charge >= 0.3 is 0 Å². The third-order valence-electron chi connectivity index (χ3n) is 4.66. The molecule has 0 aliphatic heterocycles. The molecule has 26 heavy (non-hydrogen) atoms. The first kappa shape index (κ1) is 16.4. The molecule has 2 heterocycles. The Labute approximate surface area is 150 Å². The third-order valence-corrected chi connectivity index (χ3v) is 4.66. The molecule has 3 aromatic rings. The molecule has 0 saturated heterocycles. The summed E-state index contributed by atoms with van der Waals surface area (Å²) in [6.45, 7) is 0. The first-order valence-corrected chi connectivity index (χ1v) is 8.73. The number of carbonyl (C=O) groups excluding carboxylic acids is 1. The van der Waals surface area contributed by atoms with Crippen LogP contribution in [-0.4, -0.2) is 20.7 Å². The SMILES string of the molecule is O=C(Cc1ccc(F)cc1)N[C@@H]1CCCc2c1cnn2-c1ccccn1. The summed E-state index contributed by atoms with van der Waals surface area (Å²) < 4.78 is 14.8. The predicted octanol–water partition coefficient (Wildman–Crippen LogP) is 3.14. The molecule has 0 fully saturated rings. The molecule has 0 bridgehead atoms. The average Bonchev–Trinajstić information content (AvgIpc) is 3.09. The predicted molar refractivity (Wildman–Crippen MR) is 95.3 cm³/mol. The molecule has 1 aliphatic carbocycles. The van der Waals surface area contributed by atoms with Gasteiger partial charge in [0.25, 0.3) is 0 Å². The van der Waals surface area contributed by atoms with Crippen LogP contribution in [0.4, 0.5) is 4.39 Å². The van der Waals surface area contributed by atoms with Gasteiger partial charge in [0.2, 0.25) is 5.91 Å². The molecule has 1 aliphatic rings. The molecule has 6 heteroatoms. The lowest BCUT2D eigenvalue weighted by Gasteiger charge is -2.24. The highest BCUT2D eigenvalue weighted by atomic mass is 19.1. The van der Waals surface area contributed by atoms with E-state index in [1.165, 1.54) is 12.1 Å². The number of rotatable bonds is 4. The standard InChI is InChI=1S/C20H19FN4O/c21-15-9-7-14(8-10-15)12-20(26)24-17-4-3-5-18-16(17)13-23-25(18)19-6-1-2-11-22-19/h1-2,6-11,13,17H,3-5,12H2,(H,24,26)/t17-/m1/s1. The lowest BCUT2D eigenvalue weighted by Crippen LogP contribution is -2.32. The Bertz CT molecular complexity index is 905. The normalized spacial score (nSPS) is 16.1. The molecule has 1 aromatic carbocycles. The van der Waals surface area contributed by atoms with Crippen LogP contribution in [0.15, 0.2) is 54.9 Å². The quantitative estimate of drug-likeness (QED) is 0.786. The minimum Gasteiger partial charge on any atom is -0.349 e. The Morgan fingerprint density at radius 3 is 2.85 bits per heavy atom. The average molecular weight is 350 g/mol. The highest BCUT2D eigenvalue weighted by Crippen LogP contribution is 2.30. The Morgan fingerprint density at radius 2 is 2.08 bits per heavy atom. The number of amides is 1. The number of pyridine rings is 1. The molecule has 2 aromatic heterocycles. The van der Waals surface area contributed by atoms with Crippen molar-refractivity contribution in [2.45, 2.75) is 31.7 Å². The molecular weight excluding hydrogens is 331 g/mol. The fourth-order valence-electron chi connectivity index (χ4n) is 3.42. The molecule has 1 N–H and O–H groups in total. The number of hydrogen-bond acceptors (Lipinski definition) is 3. The van der Waals surface area contributed by atoms with Gasteiger partial charge in [-0.3, -0.25) is 4.79 Å². The number of benzene rings is 1. The van der Waals surface area contributed by atoms with Crippen molar-refractivity contribution in [1.29, 1.82) is 0 Å². The number of halogens is 1. The van der Waals surface area contributed by atoms with E-state index < -0.39 is 0 Å². The molecule has 0 unspecified atom stereocenters. The molecule has 0 radical (unpaired) electrons. The summed E-state index contributed by atoms with van der Waals surface area (Å²) >= 11 is 0. The summed E-state index contributed by atoms with van der Waals surface area (Å²) in [5, 5.41) is 7.58. The second-order valence-electron chi connectivity index (χ2n) is 6.46. The van der Waals surface area contributed by atoms with Crippen molar-refractivity contribution in [2.24, 2.45) is 0 Å². The van der Waals surface area contributed by atoms with E-state index in [0.29, 0.717) is 0 Å². The lowest BCUT2D eigenvalue weighted by molar-refractivity contribution is -0.121. The van der Waals surface area contributed by atoms with Gasteiger partial charge < -0.3 is 5.32 Å². The van der Waals surface area contributed by atoms with E-state index in [4.69, 9.17) is 0 Å². The van der Waals surface area contributed by atoms with Gasteiger partial charge in [-0.25, -0.2) is 14.1 Å². The Balaban J connectivity index is 1.50. The van der Waals surface area contributed by atoms with Crippen LogP contribution in [0, 0.1) is 5.82 Å². The molecule has 5 nitrogen and oxygen atoms in total.